The van der Waals surface area contributed by atoms with Crippen LogP contribution in [0.5, 0.6) is 5.75 Å². The minimum Gasteiger partial charge on any atom is -0.487 e. The first-order valence-corrected chi connectivity index (χ1v) is 5.13. The topological polar surface area (TPSA) is 29.5 Å². The van der Waals surface area contributed by atoms with Crippen molar-refractivity contribution in [1.82, 2.24) is 0 Å². The number of rotatable bonds is 4. The lowest BCUT2D eigenvalue weighted by molar-refractivity contribution is -0.0275. The summed E-state index contributed by atoms with van der Waals surface area (Å²) in [6.45, 7) is 5.16. The molecule has 0 aromatic heterocycles. The third kappa shape index (κ3) is 3.17. The third-order valence-electron chi connectivity index (χ3n) is 2.66. The average molecular weight is 230 g/mol. The molecular weight excluding hydrogens is 214 g/mol. The monoisotopic (exact) mass is 230 g/mol. The molecule has 0 aliphatic rings. The molecule has 16 heavy (non-hydrogen) atoms. The Labute approximate surface area is 93.9 Å². The van der Waals surface area contributed by atoms with Gasteiger partial charge in [-0.2, -0.15) is 0 Å². The van der Waals surface area contributed by atoms with Gasteiger partial charge in [0.25, 0.3) is 0 Å². The Kier molecular flexibility index (Phi) is 3.86. The van der Waals surface area contributed by atoms with Gasteiger partial charge in [0.1, 0.15) is 12.4 Å². The molecule has 1 aromatic carbocycles. The van der Waals surface area contributed by atoms with E-state index >= 15 is 0 Å². The Morgan fingerprint density at radius 2 is 2.00 bits per heavy atom. The van der Waals surface area contributed by atoms with E-state index in [0.29, 0.717) is 0 Å². The molecule has 0 fully saturated rings. The zero-order valence-electron chi connectivity index (χ0n) is 9.63. The van der Waals surface area contributed by atoms with Gasteiger partial charge in [-0.1, -0.05) is 13.8 Å². The smallest absolute Gasteiger partial charge is 0.165 e. The molecule has 0 radical (unpaired) electrons. The molecule has 0 saturated heterocycles. The summed E-state index contributed by atoms with van der Waals surface area (Å²) in [4.78, 5) is 0. The van der Waals surface area contributed by atoms with Crippen LogP contribution in [0.25, 0.3) is 0 Å². The fourth-order valence-corrected chi connectivity index (χ4v) is 0.978. The molecule has 0 spiro atoms. The van der Waals surface area contributed by atoms with Gasteiger partial charge in [-0.05, 0) is 25.0 Å². The summed E-state index contributed by atoms with van der Waals surface area (Å²) in [5.74, 6) is -1.42. The van der Waals surface area contributed by atoms with Crippen LogP contribution in [-0.2, 0) is 0 Å². The first-order valence-electron chi connectivity index (χ1n) is 5.13. The summed E-state index contributed by atoms with van der Waals surface area (Å²) in [5, 5.41) is 9.87. The molecule has 2 nitrogen and oxygen atoms in total. The largest absolute Gasteiger partial charge is 0.487 e. The molecule has 4 heteroatoms. The minimum absolute atomic E-state index is 0.0379. The summed E-state index contributed by atoms with van der Waals surface area (Å²) in [6.07, 6.45) is 0. The van der Waals surface area contributed by atoms with Crippen molar-refractivity contribution in [2.45, 2.75) is 26.4 Å². The Bertz CT molecular complexity index is 362. The number of hydrogen-bond acceptors (Lipinski definition) is 2. The normalized spacial score (nSPS) is 14.9. The van der Waals surface area contributed by atoms with Crippen LogP contribution in [0.4, 0.5) is 8.78 Å². The summed E-state index contributed by atoms with van der Waals surface area (Å²) in [7, 11) is 0. The molecule has 1 unspecified atom stereocenters. The fourth-order valence-electron chi connectivity index (χ4n) is 0.978. The molecule has 0 bridgehead atoms. The van der Waals surface area contributed by atoms with Crippen molar-refractivity contribution in [3.05, 3.63) is 29.8 Å². The number of ether oxygens (including phenoxy) is 1. The maximum Gasteiger partial charge on any atom is 0.165 e. The van der Waals surface area contributed by atoms with Gasteiger partial charge in [0.15, 0.2) is 11.6 Å². The van der Waals surface area contributed by atoms with Crippen LogP contribution in [0.3, 0.4) is 0 Å². The van der Waals surface area contributed by atoms with E-state index in [1.165, 1.54) is 0 Å². The second-order valence-corrected chi connectivity index (χ2v) is 4.38. The van der Waals surface area contributed by atoms with Gasteiger partial charge in [0, 0.05) is 6.07 Å². The Hall–Kier alpha value is -1.16. The second-order valence-electron chi connectivity index (χ2n) is 4.38. The maximum atomic E-state index is 13.2. The van der Waals surface area contributed by atoms with Crippen LogP contribution in [0.2, 0.25) is 0 Å². The third-order valence-corrected chi connectivity index (χ3v) is 2.66. The van der Waals surface area contributed by atoms with Crippen LogP contribution in [0.15, 0.2) is 18.2 Å². The van der Waals surface area contributed by atoms with E-state index in [0.717, 1.165) is 18.2 Å². The van der Waals surface area contributed by atoms with Crippen molar-refractivity contribution in [1.29, 1.82) is 0 Å². The van der Waals surface area contributed by atoms with Crippen molar-refractivity contribution >= 4 is 0 Å². The molecule has 1 atom stereocenters. The van der Waals surface area contributed by atoms with Gasteiger partial charge in [0.05, 0.1) is 5.60 Å². The Balaban J connectivity index is 2.71. The number of halogens is 2. The lowest BCUT2D eigenvalue weighted by Gasteiger charge is -2.27. The van der Waals surface area contributed by atoms with E-state index in [-0.39, 0.29) is 18.3 Å². The van der Waals surface area contributed by atoms with Crippen molar-refractivity contribution in [2.75, 3.05) is 6.61 Å². The van der Waals surface area contributed by atoms with Crippen LogP contribution in [0.1, 0.15) is 20.8 Å². The summed E-state index contributed by atoms with van der Waals surface area (Å²) in [5.41, 5.74) is -1.07. The highest BCUT2D eigenvalue weighted by Crippen LogP contribution is 2.22. The molecular formula is C12H16F2O2. The van der Waals surface area contributed by atoms with Gasteiger partial charge < -0.3 is 9.84 Å². The molecule has 1 N–H and O–H groups in total. The molecule has 90 valence electrons. The molecule has 1 rings (SSSR count). The highest BCUT2D eigenvalue weighted by Gasteiger charge is 2.26. The lowest BCUT2D eigenvalue weighted by atomic mass is 9.94. The SMILES string of the molecule is CC(C)C(C)(O)COc1cc(F)ccc1F. The van der Waals surface area contributed by atoms with Crippen molar-refractivity contribution in [3.63, 3.8) is 0 Å². The molecule has 1 aromatic rings. The highest BCUT2D eigenvalue weighted by atomic mass is 19.1. The summed E-state index contributed by atoms with van der Waals surface area (Å²) < 4.78 is 31.1. The number of benzene rings is 1. The van der Waals surface area contributed by atoms with Crippen LogP contribution < -0.4 is 4.74 Å². The second kappa shape index (κ2) is 4.78. The Morgan fingerprint density at radius 1 is 1.38 bits per heavy atom. The van der Waals surface area contributed by atoms with Crippen molar-refractivity contribution in [2.24, 2.45) is 5.92 Å². The first-order chi connectivity index (χ1) is 7.33. The van der Waals surface area contributed by atoms with Crippen molar-refractivity contribution in [3.8, 4) is 5.75 Å². The molecule has 0 aliphatic heterocycles. The zero-order valence-corrected chi connectivity index (χ0v) is 9.63. The summed E-state index contributed by atoms with van der Waals surface area (Å²) >= 11 is 0. The average Bonchev–Trinajstić information content (AvgIpc) is 2.19. The van der Waals surface area contributed by atoms with Gasteiger partial charge in [-0.3, -0.25) is 0 Å². The predicted molar refractivity (Wildman–Crippen MR) is 57.3 cm³/mol. The molecule has 0 amide bonds. The zero-order chi connectivity index (χ0) is 12.3. The molecule has 0 heterocycles. The van der Waals surface area contributed by atoms with Crippen molar-refractivity contribution < 1.29 is 18.6 Å². The van der Waals surface area contributed by atoms with E-state index in [9.17, 15) is 13.9 Å². The van der Waals surface area contributed by atoms with Crippen LogP contribution in [0, 0.1) is 17.6 Å². The van der Waals surface area contributed by atoms with E-state index in [4.69, 9.17) is 4.74 Å². The lowest BCUT2D eigenvalue weighted by Crippen LogP contribution is -2.37. The fraction of sp³-hybridized carbons (Fsp3) is 0.500. The minimum atomic E-state index is -1.07. The van der Waals surface area contributed by atoms with E-state index < -0.39 is 17.2 Å². The van der Waals surface area contributed by atoms with E-state index in [1.54, 1.807) is 6.92 Å². The van der Waals surface area contributed by atoms with E-state index in [2.05, 4.69) is 0 Å². The van der Waals surface area contributed by atoms with Gasteiger partial charge in [0.2, 0.25) is 0 Å². The van der Waals surface area contributed by atoms with Gasteiger partial charge in [-0.25, -0.2) is 8.78 Å². The molecule has 0 saturated carbocycles. The van der Waals surface area contributed by atoms with Gasteiger partial charge in [-0.15, -0.1) is 0 Å². The quantitative estimate of drug-likeness (QED) is 0.861. The van der Waals surface area contributed by atoms with Crippen LogP contribution >= 0.6 is 0 Å². The van der Waals surface area contributed by atoms with Gasteiger partial charge >= 0.3 is 0 Å². The summed E-state index contributed by atoms with van der Waals surface area (Å²) in [6, 6.07) is 2.98. The van der Waals surface area contributed by atoms with E-state index in [1.807, 2.05) is 13.8 Å². The Morgan fingerprint density at radius 3 is 2.56 bits per heavy atom. The number of aliphatic hydroxyl groups is 1. The highest BCUT2D eigenvalue weighted by molar-refractivity contribution is 5.24. The maximum absolute atomic E-state index is 13.2. The predicted octanol–water partition coefficient (Wildman–Crippen LogP) is 2.75. The van der Waals surface area contributed by atoms with Crippen LogP contribution in [-0.4, -0.2) is 17.3 Å². The standard InChI is InChI=1S/C12H16F2O2/c1-8(2)12(3,15)7-16-11-6-9(13)4-5-10(11)14/h4-6,8,15H,7H2,1-3H3. The number of hydrogen-bond donors (Lipinski definition) is 1. The molecule has 0 aliphatic carbocycles. The first kappa shape index (κ1) is 12.9.